The van der Waals surface area contributed by atoms with E-state index in [9.17, 15) is 9.59 Å². The van der Waals surface area contributed by atoms with Crippen LogP contribution < -0.4 is 10.3 Å². The Hall–Kier alpha value is -3.16. The number of fused-ring (bicyclic) bond motifs is 1. The standard InChI is InChI=1S/C19H23N5O3/c1-5-27-15-8-6-14(7-9-15)13(3)23(4)17(25)10-16-12(2)22-19-20-11-21-24(19)18(16)26/h6-9,11,13H,5,10H2,1-4H3,(H,20,21,22). The van der Waals surface area contributed by atoms with Crippen molar-refractivity contribution >= 4 is 11.7 Å². The lowest BCUT2D eigenvalue weighted by Gasteiger charge is -2.25. The first-order valence-electron chi connectivity index (χ1n) is 8.82. The number of amides is 1. The van der Waals surface area contributed by atoms with Gasteiger partial charge in [-0.1, -0.05) is 12.1 Å². The number of aromatic amines is 1. The minimum atomic E-state index is -0.300. The van der Waals surface area contributed by atoms with Crippen LogP contribution in [0.25, 0.3) is 5.78 Å². The molecule has 0 fully saturated rings. The minimum Gasteiger partial charge on any atom is -0.494 e. The van der Waals surface area contributed by atoms with Gasteiger partial charge in [-0.2, -0.15) is 4.52 Å². The molecule has 0 spiro atoms. The first-order chi connectivity index (χ1) is 12.9. The molecule has 0 saturated carbocycles. The zero-order chi connectivity index (χ0) is 19.6. The van der Waals surface area contributed by atoms with Crippen LogP contribution in [0.5, 0.6) is 5.75 Å². The molecular weight excluding hydrogens is 346 g/mol. The number of hydrogen-bond donors (Lipinski definition) is 1. The van der Waals surface area contributed by atoms with E-state index in [1.165, 1.54) is 10.8 Å². The molecule has 8 nitrogen and oxygen atoms in total. The fourth-order valence-electron chi connectivity index (χ4n) is 2.92. The molecule has 0 saturated heterocycles. The number of rotatable bonds is 6. The van der Waals surface area contributed by atoms with Gasteiger partial charge in [0, 0.05) is 7.05 Å². The van der Waals surface area contributed by atoms with Crippen LogP contribution >= 0.6 is 0 Å². The molecule has 27 heavy (non-hydrogen) atoms. The lowest BCUT2D eigenvalue weighted by Crippen LogP contribution is -2.33. The number of H-pyrrole nitrogens is 1. The molecule has 2 heterocycles. The van der Waals surface area contributed by atoms with Crippen molar-refractivity contribution in [3.63, 3.8) is 0 Å². The van der Waals surface area contributed by atoms with Gasteiger partial charge in [0.1, 0.15) is 12.1 Å². The Morgan fingerprint density at radius 2 is 2.04 bits per heavy atom. The molecule has 1 atom stereocenters. The van der Waals surface area contributed by atoms with E-state index in [0.29, 0.717) is 23.6 Å². The van der Waals surface area contributed by atoms with E-state index in [2.05, 4.69) is 15.1 Å². The number of likely N-dealkylation sites (N-methyl/N-ethyl adjacent to an activating group) is 1. The quantitative estimate of drug-likeness (QED) is 0.716. The number of carbonyl (C=O) groups excluding carboxylic acids is 1. The average molecular weight is 369 g/mol. The highest BCUT2D eigenvalue weighted by Gasteiger charge is 2.21. The zero-order valence-corrected chi connectivity index (χ0v) is 15.9. The molecule has 0 aliphatic heterocycles. The Morgan fingerprint density at radius 1 is 1.33 bits per heavy atom. The largest absolute Gasteiger partial charge is 0.494 e. The Balaban J connectivity index is 1.78. The Labute approximate surface area is 156 Å². The van der Waals surface area contributed by atoms with Crippen molar-refractivity contribution in [1.29, 1.82) is 0 Å². The Morgan fingerprint density at radius 3 is 2.70 bits per heavy atom. The second-order valence-electron chi connectivity index (χ2n) is 6.36. The third kappa shape index (κ3) is 3.69. The zero-order valence-electron chi connectivity index (χ0n) is 15.9. The van der Waals surface area contributed by atoms with Gasteiger partial charge in [-0.25, -0.2) is 9.97 Å². The number of aryl methyl sites for hydroxylation is 1. The van der Waals surface area contributed by atoms with Crippen molar-refractivity contribution in [1.82, 2.24) is 24.5 Å². The highest BCUT2D eigenvalue weighted by atomic mass is 16.5. The molecule has 1 unspecified atom stereocenters. The van der Waals surface area contributed by atoms with Crippen LogP contribution in [0, 0.1) is 6.92 Å². The van der Waals surface area contributed by atoms with E-state index in [-0.39, 0.29) is 23.9 Å². The van der Waals surface area contributed by atoms with Gasteiger partial charge in [0.15, 0.2) is 0 Å². The maximum Gasteiger partial charge on any atom is 0.277 e. The van der Waals surface area contributed by atoms with Crippen LogP contribution in [0.1, 0.15) is 36.7 Å². The van der Waals surface area contributed by atoms with Crippen molar-refractivity contribution in [3.8, 4) is 5.75 Å². The van der Waals surface area contributed by atoms with Crippen LogP contribution in [0.2, 0.25) is 0 Å². The summed E-state index contributed by atoms with van der Waals surface area (Å²) < 4.78 is 6.69. The minimum absolute atomic E-state index is 0.0164. The molecule has 3 aromatic rings. The Bertz CT molecular complexity index is 1010. The first-order valence-corrected chi connectivity index (χ1v) is 8.82. The molecule has 8 heteroatoms. The summed E-state index contributed by atoms with van der Waals surface area (Å²) >= 11 is 0. The molecule has 0 aliphatic carbocycles. The number of nitrogens with zero attached hydrogens (tertiary/aromatic N) is 4. The van der Waals surface area contributed by atoms with E-state index in [1.807, 2.05) is 38.1 Å². The first kappa shape index (κ1) is 18.6. The molecule has 0 radical (unpaired) electrons. The van der Waals surface area contributed by atoms with Crippen LogP contribution in [0.3, 0.4) is 0 Å². The molecule has 1 amide bonds. The number of hydrogen-bond acceptors (Lipinski definition) is 5. The second-order valence-corrected chi connectivity index (χ2v) is 6.36. The molecule has 1 N–H and O–H groups in total. The van der Waals surface area contributed by atoms with Crippen LogP contribution in [0.15, 0.2) is 35.4 Å². The lowest BCUT2D eigenvalue weighted by atomic mass is 10.1. The van der Waals surface area contributed by atoms with Gasteiger partial charge in [0.05, 0.1) is 30.3 Å². The number of carbonyl (C=O) groups is 1. The maximum atomic E-state index is 12.8. The van der Waals surface area contributed by atoms with E-state index in [0.717, 1.165) is 11.3 Å². The molecule has 3 rings (SSSR count). The van der Waals surface area contributed by atoms with Crippen molar-refractivity contribution < 1.29 is 9.53 Å². The predicted octanol–water partition coefficient (Wildman–Crippen LogP) is 1.89. The summed E-state index contributed by atoms with van der Waals surface area (Å²) in [6.45, 7) is 6.21. The smallest absolute Gasteiger partial charge is 0.277 e. The summed E-state index contributed by atoms with van der Waals surface area (Å²) in [5.41, 5.74) is 1.57. The van der Waals surface area contributed by atoms with Gasteiger partial charge in [0.2, 0.25) is 5.91 Å². The maximum absolute atomic E-state index is 12.8. The van der Waals surface area contributed by atoms with Crippen molar-refractivity contribution in [2.45, 2.75) is 33.2 Å². The van der Waals surface area contributed by atoms with E-state index < -0.39 is 0 Å². The van der Waals surface area contributed by atoms with Crippen LogP contribution in [-0.2, 0) is 11.2 Å². The van der Waals surface area contributed by atoms with Crippen molar-refractivity contribution in [3.05, 3.63) is 57.8 Å². The second kappa shape index (κ2) is 7.61. The average Bonchev–Trinajstić information content (AvgIpc) is 3.13. The highest BCUT2D eigenvalue weighted by Crippen LogP contribution is 2.22. The molecule has 2 aromatic heterocycles. The molecule has 0 aliphatic rings. The van der Waals surface area contributed by atoms with Crippen molar-refractivity contribution in [2.75, 3.05) is 13.7 Å². The third-order valence-corrected chi connectivity index (χ3v) is 4.71. The van der Waals surface area contributed by atoms with E-state index in [4.69, 9.17) is 4.74 Å². The molecule has 1 aromatic carbocycles. The topological polar surface area (TPSA) is 92.6 Å². The van der Waals surface area contributed by atoms with E-state index >= 15 is 0 Å². The SMILES string of the molecule is CCOc1ccc(C(C)N(C)C(=O)Cc2c(C)nc3nc[nH]n3c2=O)cc1. The summed E-state index contributed by atoms with van der Waals surface area (Å²) in [6.07, 6.45) is 1.38. The third-order valence-electron chi connectivity index (χ3n) is 4.71. The molecular formula is C19H23N5O3. The summed E-state index contributed by atoms with van der Waals surface area (Å²) in [7, 11) is 1.73. The normalized spacial score (nSPS) is 12.1. The number of benzene rings is 1. The van der Waals surface area contributed by atoms with Crippen molar-refractivity contribution in [2.24, 2.45) is 0 Å². The van der Waals surface area contributed by atoms with Gasteiger partial charge < -0.3 is 9.64 Å². The fraction of sp³-hybridized carbons (Fsp3) is 0.368. The van der Waals surface area contributed by atoms with E-state index in [1.54, 1.807) is 18.9 Å². The summed E-state index contributed by atoms with van der Waals surface area (Å²) in [4.78, 5) is 35.2. The molecule has 0 bridgehead atoms. The lowest BCUT2D eigenvalue weighted by molar-refractivity contribution is -0.131. The Kier molecular flexibility index (Phi) is 5.25. The molecule has 142 valence electrons. The van der Waals surface area contributed by atoms with Gasteiger partial charge in [0.25, 0.3) is 11.3 Å². The summed E-state index contributed by atoms with van der Waals surface area (Å²) in [6, 6.07) is 7.52. The summed E-state index contributed by atoms with van der Waals surface area (Å²) in [5, 5.41) is 2.72. The van der Waals surface area contributed by atoms with Crippen LogP contribution in [0.4, 0.5) is 0 Å². The van der Waals surface area contributed by atoms with Gasteiger partial charge in [-0.15, -0.1) is 0 Å². The van der Waals surface area contributed by atoms with Gasteiger partial charge >= 0.3 is 0 Å². The fourth-order valence-corrected chi connectivity index (χ4v) is 2.92. The number of ether oxygens (including phenoxy) is 1. The van der Waals surface area contributed by atoms with Gasteiger partial charge in [-0.3, -0.25) is 14.7 Å². The number of aromatic nitrogens is 4. The van der Waals surface area contributed by atoms with Gasteiger partial charge in [-0.05, 0) is 38.5 Å². The summed E-state index contributed by atoms with van der Waals surface area (Å²) in [5.74, 6) is 0.938. The predicted molar refractivity (Wildman–Crippen MR) is 101 cm³/mol. The highest BCUT2D eigenvalue weighted by molar-refractivity contribution is 5.79. The monoisotopic (exact) mass is 369 g/mol. The van der Waals surface area contributed by atoms with Crippen LogP contribution in [-0.4, -0.2) is 44.0 Å². The number of nitrogens with one attached hydrogen (secondary N) is 1.